The maximum Gasteiger partial charge on any atom is 0.306 e. The molecule has 0 N–H and O–H groups in total. The molecule has 0 fully saturated rings. The summed E-state index contributed by atoms with van der Waals surface area (Å²) in [4.78, 5) is 11.5. The van der Waals surface area contributed by atoms with Crippen LogP contribution in [0.2, 0.25) is 5.02 Å². The Kier molecular flexibility index (Phi) is 5.02. The molecule has 0 aromatic heterocycles. The van der Waals surface area contributed by atoms with E-state index in [9.17, 15) is 4.79 Å². The fourth-order valence-electron chi connectivity index (χ4n) is 1.71. The normalized spacial score (nSPS) is 11.4. The van der Waals surface area contributed by atoms with Crippen LogP contribution in [0.1, 0.15) is 32.8 Å². The Morgan fingerprint density at radius 2 is 2.12 bits per heavy atom. The second-order valence-electron chi connectivity index (χ2n) is 4.49. The minimum atomic E-state index is -0.329. The van der Waals surface area contributed by atoms with Gasteiger partial charge in [0.05, 0.1) is 13.0 Å². The molecule has 1 aromatic rings. The van der Waals surface area contributed by atoms with Crippen LogP contribution < -0.4 is 0 Å². The fourth-order valence-corrected chi connectivity index (χ4v) is 2.64. The van der Waals surface area contributed by atoms with E-state index in [1.165, 1.54) is 0 Å². The summed E-state index contributed by atoms with van der Waals surface area (Å²) in [5.74, 6) is -0.198. The number of halogens is 2. The number of benzene rings is 1. The molecule has 0 saturated heterocycles. The van der Waals surface area contributed by atoms with Crippen LogP contribution in [0.3, 0.4) is 0 Å². The molecule has 0 bridgehead atoms. The van der Waals surface area contributed by atoms with Crippen LogP contribution in [0.4, 0.5) is 0 Å². The monoisotopic (exact) mass is 318 g/mol. The summed E-state index contributed by atoms with van der Waals surface area (Å²) in [6.45, 7) is 6.18. The highest BCUT2D eigenvalue weighted by Crippen LogP contribution is 2.34. The van der Waals surface area contributed by atoms with E-state index in [0.29, 0.717) is 18.1 Å². The highest BCUT2D eigenvalue weighted by molar-refractivity contribution is 9.10. The third-order valence-electron chi connectivity index (χ3n) is 2.55. The van der Waals surface area contributed by atoms with Gasteiger partial charge in [0.15, 0.2) is 0 Å². The van der Waals surface area contributed by atoms with Gasteiger partial charge in [-0.1, -0.05) is 47.4 Å². The number of hydrogen-bond donors (Lipinski definition) is 0. The van der Waals surface area contributed by atoms with Gasteiger partial charge < -0.3 is 4.74 Å². The molecular weight excluding hydrogens is 303 g/mol. The van der Waals surface area contributed by atoms with Crippen molar-refractivity contribution in [3.05, 3.63) is 33.3 Å². The van der Waals surface area contributed by atoms with Gasteiger partial charge in [-0.15, -0.1) is 0 Å². The first-order valence-electron chi connectivity index (χ1n) is 5.48. The van der Waals surface area contributed by atoms with Gasteiger partial charge >= 0.3 is 5.97 Å². The molecule has 0 radical (unpaired) electrons. The van der Waals surface area contributed by atoms with Crippen molar-refractivity contribution in [3.63, 3.8) is 0 Å². The summed E-state index contributed by atoms with van der Waals surface area (Å²) >= 11 is 9.56. The van der Waals surface area contributed by atoms with Crippen molar-refractivity contribution in [1.82, 2.24) is 0 Å². The van der Waals surface area contributed by atoms with E-state index < -0.39 is 0 Å². The zero-order valence-electron chi connectivity index (χ0n) is 10.2. The zero-order chi connectivity index (χ0) is 13.1. The first kappa shape index (κ1) is 14.5. The summed E-state index contributed by atoms with van der Waals surface area (Å²) < 4.78 is 5.90. The van der Waals surface area contributed by atoms with E-state index >= 15 is 0 Å². The largest absolute Gasteiger partial charge is 0.466 e. The highest BCUT2D eigenvalue weighted by Gasteiger charge is 2.27. The molecule has 4 heteroatoms. The van der Waals surface area contributed by atoms with Crippen molar-refractivity contribution in [2.75, 3.05) is 6.61 Å². The van der Waals surface area contributed by atoms with Crippen LogP contribution >= 0.6 is 27.5 Å². The predicted octanol–water partition coefficient (Wildman–Crippen LogP) is 4.33. The summed E-state index contributed by atoms with van der Waals surface area (Å²) in [6.07, 6.45) is 0.322. The number of carbonyl (C=O) groups is 1. The van der Waals surface area contributed by atoms with E-state index in [2.05, 4.69) is 15.9 Å². The zero-order valence-corrected chi connectivity index (χ0v) is 12.6. The lowest BCUT2D eigenvalue weighted by molar-refractivity contribution is -0.144. The quantitative estimate of drug-likeness (QED) is 0.772. The number of ether oxygens (including phenoxy) is 1. The topological polar surface area (TPSA) is 26.3 Å². The number of hydrogen-bond acceptors (Lipinski definition) is 2. The Hall–Kier alpha value is -0.540. The SMILES string of the molecule is CCOC(=O)CC(C)(C)c1ccc(Br)cc1Cl. The van der Waals surface area contributed by atoms with Gasteiger partial charge in [-0.2, -0.15) is 0 Å². The van der Waals surface area contributed by atoms with Gasteiger partial charge in [-0.3, -0.25) is 4.79 Å². The van der Waals surface area contributed by atoms with E-state index in [1.807, 2.05) is 32.0 Å². The lowest BCUT2D eigenvalue weighted by Crippen LogP contribution is -2.23. The second-order valence-corrected chi connectivity index (χ2v) is 5.81. The standard InChI is InChI=1S/C13H16BrClO2/c1-4-17-12(16)8-13(2,3)10-6-5-9(14)7-11(10)15/h5-7H,4,8H2,1-3H3. The molecule has 0 aliphatic rings. The summed E-state index contributed by atoms with van der Waals surface area (Å²) in [7, 11) is 0. The summed E-state index contributed by atoms with van der Waals surface area (Å²) in [5, 5.41) is 0.661. The lowest BCUT2D eigenvalue weighted by Gasteiger charge is -2.25. The van der Waals surface area contributed by atoms with E-state index in [1.54, 1.807) is 6.92 Å². The van der Waals surface area contributed by atoms with Crippen LogP contribution in [-0.4, -0.2) is 12.6 Å². The first-order chi connectivity index (χ1) is 7.86. The van der Waals surface area contributed by atoms with Gasteiger partial charge in [0, 0.05) is 14.9 Å². The molecule has 2 nitrogen and oxygen atoms in total. The van der Waals surface area contributed by atoms with Gasteiger partial charge in [0.2, 0.25) is 0 Å². The molecule has 17 heavy (non-hydrogen) atoms. The maximum atomic E-state index is 11.5. The number of rotatable bonds is 4. The van der Waals surface area contributed by atoms with Gasteiger partial charge in [-0.25, -0.2) is 0 Å². The first-order valence-corrected chi connectivity index (χ1v) is 6.65. The predicted molar refractivity (Wildman–Crippen MR) is 73.4 cm³/mol. The average molecular weight is 320 g/mol. The Labute approximate surface area is 115 Å². The maximum absolute atomic E-state index is 11.5. The Balaban J connectivity index is 2.92. The minimum Gasteiger partial charge on any atom is -0.466 e. The fraction of sp³-hybridized carbons (Fsp3) is 0.462. The Morgan fingerprint density at radius 3 is 2.65 bits per heavy atom. The van der Waals surface area contributed by atoms with Crippen molar-refractivity contribution in [1.29, 1.82) is 0 Å². The Morgan fingerprint density at radius 1 is 1.47 bits per heavy atom. The third-order valence-corrected chi connectivity index (χ3v) is 3.36. The molecule has 94 valence electrons. The molecule has 1 aromatic carbocycles. The average Bonchev–Trinajstić information content (AvgIpc) is 2.15. The molecular formula is C13H16BrClO2. The van der Waals surface area contributed by atoms with Crippen molar-refractivity contribution in [2.45, 2.75) is 32.6 Å². The molecule has 0 saturated carbocycles. The van der Waals surface area contributed by atoms with Gasteiger partial charge in [0.1, 0.15) is 0 Å². The molecule has 0 aliphatic heterocycles. The van der Waals surface area contributed by atoms with E-state index in [4.69, 9.17) is 16.3 Å². The van der Waals surface area contributed by atoms with Crippen molar-refractivity contribution in [3.8, 4) is 0 Å². The number of carbonyl (C=O) groups excluding carboxylic acids is 1. The number of esters is 1. The molecule has 0 amide bonds. The molecule has 0 atom stereocenters. The summed E-state index contributed by atoms with van der Waals surface area (Å²) in [5.41, 5.74) is 0.625. The molecule has 0 spiro atoms. The van der Waals surface area contributed by atoms with E-state index in [-0.39, 0.29) is 11.4 Å². The molecule has 0 heterocycles. The highest BCUT2D eigenvalue weighted by atomic mass is 79.9. The third kappa shape index (κ3) is 4.00. The minimum absolute atomic E-state index is 0.198. The summed E-state index contributed by atoms with van der Waals surface area (Å²) in [6, 6.07) is 5.70. The van der Waals surface area contributed by atoms with Crippen LogP contribution in [0.15, 0.2) is 22.7 Å². The molecule has 0 unspecified atom stereocenters. The van der Waals surface area contributed by atoms with E-state index in [0.717, 1.165) is 10.0 Å². The second kappa shape index (κ2) is 5.87. The molecule has 0 aliphatic carbocycles. The van der Waals surface area contributed by atoms with Crippen molar-refractivity contribution in [2.24, 2.45) is 0 Å². The van der Waals surface area contributed by atoms with Crippen LogP contribution in [0.5, 0.6) is 0 Å². The van der Waals surface area contributed by atoms with Gasteiger partial charge in [-0.05, 0) is 24.6 Å². The van der Waals surface area contributed by atoms with Crippen LogP contribution in [0.25, 0.3) is 0 Å². The van der Waals surface area contributed by atoms with Crippen LogP contribution in [0, 0.1) is 0 Å². The molecule has 1 rings (SSSR count). The van der Waals surface area contributed by atoms with Crippen molar-refractivity contribution >= 4 is 33.5 Å². The van der Waals surface area contributed by atoms with Gasteiger partial charge in [0.25, 0.3) is 0 Å². The lowest BCUT2D eigenvalue weighted by atomic mass is 9.81. The smallest absolute Gasteiger partial charge is 0.306 e. The Bertz CT molecular complexity index is 416. The van der Waals surface area contributed by atoms with Crippen LogP contribution in [-0.2, 0) is 14.9 Å². The van der Waals surface area contributed by atoms with Crippen molar-refractivity contribution < 1.29 is 9.53 Å².